The lowest BCUT2D eigenvalue weighted by Crippen LogP contribution is -2.49. The van der Waals surface area contributed by atoms with Gasteiger partial charge < -0.3 is 15.4 Å². The molecule has 18 heavy (non-hydrogen) atoms. The van der Waals surface area contributed by atoms with Crippen molar-refractivity contribution in [3.8, 4) is 0 Å². The van der Waals surface area contributed by atoms with Gasteiger partial charge in [0.1, 0.15) is 6.61 Å². The van der Waals surface area contributed by atoms with Gasteiger partial charge in [-0.3, -0.25) is 4.79 Å². The summed E-state index contributed by atoms with van der Waals surface area (Å²) in [6.07, 6.45) is -0.551. The van der Waals surface area contributed by atoms with E-state index in [-0.39, 0.29) is 25.0 Å². The molecule has 2 unspecified atom stereocenters. The second-order valence-electron chi connectivity index (χ2n) is 4.68. The number of ether oxygens (including phenoxy) is 1. The van der Waals surface area contributed by atoms with Gasteiger partial charge in [0.25, 0.3) is 6.43 Å². The number of nitrogens with zero attached hydrogens (tertiary/aromatic N) is 1. The first-order valence-corrected chi connectivity index (χ1v) is 6.43. The zero-order chi connectivity index (χ0) is 13.5. The molecule has 0 bridgehead atoms. The van der Waals surface area contributed by atoms with Crippen molar-refractivity contribution in [2.45, 2.75) is 38.7 Å². The lowest BCUT2D eigenvalue weighted by atomic mass is 9.90. The second-order valence-corrected chi connectivity index (χ2v) is 4.68. The molecule has 1 aliphatic heterocycles. The molecule has 1 heterocycles. The summed E-state index contributed by atoms with van der Waals surface area (Å²) in [6.45, 7) is 2.85. The molecule has 4 nitrogen and oxygen atoms in total. The Balaban J connectivity index is 2.25. The molecule has 1 fully saturated rings. The van der Waals surface area contributed by atoms with E-state index in [4.69, 9.17) is 10.5 Å². The van der Waals surface area contributed by atoms with Crippen molar-refractivity contribution in [2.75, 3.05) is 26.3 Å². The van der Waals surface area contributed by atoms with Crippen LogP contribution in [-0.4, -0.2) is 49.6 Å². The summed E-state index contributed by atoms with van der Waals surface area (Å²) in [5.41, 5.74) is 5.96. The molecular formula is C12H22F2N2O2. The van der Waals surface area contributed by atoms with Crippen molar-refractivity contribution in [2.24, 2.45) is 11.7 Å². The van der Waals surface area contributed by atoms with Gasteiger partial charge in [-0.1, -0.05) is 13.3 Å². The number of alkyl halides is 2. The van der Waals surface area contributed by atoms with Crippen molar-refractivity contribution in [3.05, 3.63) is 0 Å². The lowest BCUT2D eigenvalue weighted by Gasteiger charge is -2.36. The molecule has 106 valence electrons. The van der Waals surface area contributed by atoms with Gasteiger partial charge in [0, 0.05) is 19.1 Å². The standard InChI is InChI=1S/C12H22F2N2O2/c1-2-9-7-16(5-3-10(9)15)12(17)4-6-18-8-11(13)14/h9-11H,2-8,15H2,1H3. The zero-order valence-electron chi connectivity index (χ0n) is 10.8. The van der Waals surface area contributed by atoms with Crippen LogP contribution < -0.4 is 5.73 Å². The van der Waals surface area contributed by atoms with E-state index in [2.05, 4.69) is 6.92 Å². The third-order valence-electron chi connectivity index (χ3n) is 3.37. The normalized spacial score (nSPS) is 24.6. The van der Waals surface area contributed by atoms with Crippen molar-refractivity contribution >= 4 is 5.91 Å². The molecule has 0 aromatic rings. The summed E-state index contributed by atoms with van der Waals surface area (Å²) in [6, 6.07) is 0.161. The van der Waals surface area contributed by atoms with Crippen LogP contribution in [0.5, 0.6) is 0 Å². The van der Waals surface area contributed by atoms with E-state index in [1.165, 1.54) is 0 Å². The third-order valence-corrected chi connectivity index (χ3v) is 3.37. The Morgan fingerprint density at radius 2 is 2.28 bits per heavy atom. The van der Waals surface area contributed by atoms with Gasteiger partial charge in [-0.15, -0.1) is 0 Å². The maximum Gasteiger partial charge on any atom is 0.261 e. The Bertz CT molecular complexity index is 264. The summed E-state index contributed by atoms with van der Waals surface area (Å²) in [4.78, 5) is 13.6. The Labute approximate surface area is 106 Å². The second kappa shape index (κ2) is 7.63. The minimum absolute atomic E-state index is 0.0328. The van der Waals surface area contributed by atoms with Crippen LogP contribution in [-0.2, 0) is 9.53 Å². The molecule has 1 rings (SSSR count). The van der Waals surface area contributed by atoms with Crippen LogP contribution in [0.25, 0.3) is 0 Å². The number of carbonyl (C=O) groups is 1. The van der Waals surface area contributed by atoms with Crippen LogP contribution in [0.3, 0.4) is 0 Å². The van der Waals surface area contributed by atoms with E-state index in [1.807, 2.05) is 0 Å². The first-order chi connectivity index (χ1) is 8.54. The molecule has 6 heteroatoms. The number of halogens is 2. The average Bonchev–Trinajstić information content (AvgIpc) is 2.34. The average molecular weight is 264 g/mol. The highest BCUT2D eigenvalue weighted by atomic mass is 19.3. The number of carbonyl (C=O) groups excluding carboxylic acids is 1. The number of hydrogen-bond acceptors (Lipinski definition) is 3. The number of hydrogen-bond donors (Lipinski definition) is 1. The highest BCUT2D eigenvalue weighted by molar-refractivity contribution is 5.76. The van der Waals surface area contributed by atoms with E-state index in [0.29, 0.717) is 19.0 Å². The van der Waals surface area contributed by atoms with E-state index in [0.717, 1.165) is 12.8 Å². The summed E-state index contributed by atoms with van der Waals surface area (Å²) in [7, 11) is 0. The van der Waals surface area contributed by atoms with Crippen LogP contribution in [0.1, 0.15) is 26.2 Å². The van der Waals surface area contributed by atoms with Crippen molar-refractivity contribution < 1.29 is 18.3 Å². The first kappa shape index (κ1) is 15.3. The van der Waals surface area contributed by atoms with E-state index < -0.39 is 13.0 Å². The number of nitrogens with two attached hydrogens (primary N) is 1. The Morgan fingerprint density at radius 1 is 1.56 bits per heavy atom. The van der Waals surface area contributed by atoms with Crippen LogP contribution in [0, 0.1) is 5.92 Å². The van der Waals surface area contributed by atoms with Gasteiger partial charge >= 0.3 is 0 Å². The van der Waals surface area contributed by atoms with Crippen LogP contribution in [0.15, 0.2) is 0 Å². The molecule has 0 aromatic carbocycles. The fraction of sp³-hybridized carbons (Fsp3) is 0.917. The van der Waals surface area contributed by atoms with Gasteiger partial charge in [0.05, 0.1) is 13.0 Å². The molecule has 1 saturated heterocycles. The summed E-state index contributed by atoms with van der Waals surface area (Å²) in [5, 5.41) is 0. The molecule has 1 aliphatic rings. The van der Waals surface area contributed by atoms with Crippen LogP contribution in [0.2, 0.25) is 0 Å². The van der Waals surface area contributed by atoms with Gasteiger partial charge in [0.15, 0.2) is 0 Å². The maximum absolute atomic E-state index is 11.8. The molecular weight excluding hydrogens is 242 g/mol. The Morgan fingerprint density at radius 3 is 2.89 bits per heavy atom. The van der Waals surface area contributed by atoms with Crippen LogP contribution >= 0.6 is 0 Å². The Kier molecular flexibility index (Phi) is 6.49. The molecule has 2 N–H and O–H groups in total. The minimum Gasteiger partial charge on any atom is -0.375 e. The maximum atomic E-state index is 11.8. The predicted octanol–water partition coefficient (Wildman–Crippen LogP) is 1.24. The van der Waals surface area contributed by atoms with Crippen LogP contribution in [0.4, 0.5) is 8.78 Å². The molecule has 2 atom stereocenters. The topological polar surface area (TPSA) is 55.6 Å². The molecule has 0 aliphatic carbocycles. The van der Waals surface area contributed by atoms with Crippen molar-refractivity contribution in [3.63, 3.8) is 0 Å². The fourth-order valence-corrected chi connectivity index (χ4v) is 2.20. The van der Waals surface area contributed by atoms with E-state index in [1.54, 1.807) is 4.90 Å². The van der Waals surface area contributed by atoms with Gasteiger partial charge in [-0.05, 0) is 12.3 Å². The summed E-state index contributed by atoms with van der Waals surface area (Å²) in [5.74, 6) is 0.305. The van der Waals surface area contributed by atoms with E-state index >= 15 is 0 Å². The number of likely N-dealkylation sites (tertiary alicyclic amines) is 1. The highest BCUT2D eigenvalue weighted by Crippen LogP contribution is 2.19. The lowest BCUT2D eigenvalue weighted by molar-refractivity contribution is -0.134. The molecule has 0 spiro atoms. The van der Waals surface area contributed by atoms with E-state index in [9.17, 15) is 13.6 Å². The first-order valence-electron chi connectivity index (χ1n) is 6.43. The van der Waals surface area contributed by atoms with Crippen molar-refractivity contribution in [1.29, 1.82) is 0 Å². The minimum atomic E-state index is -2.47. The smallest absolute Gasteiger partial charge is 0.261 e. The molecule has 0 saturated carbocycles. The quantitative estimate of drug-likeness (QED) is 0.734. The van der Waals surface area contributed by atoms with Crippen molar-refractivity contribution in [1.82, 2.24) is 4.90 Å². The Hall–Kier alpha value is -0.750. The molecule has 0 aromatic heterocycles. The fourth-order valence-electron chi connectivity index (χ4n) is 2.20. The molecule has 1 amide bonds. The highest BCUT2D eigenvalue weighted by Gasteiger charge is 2.27. The summed E-state index contributed by atoms with van der Waals surface area (Å²) < 4.78 is 28.3. The van der Waals surface area contributed by atoms with Gasteiger partial charge in [-0.2, -0.15) is 0 Å². The number of rotatable bonds is 6. The van der Waals surface area contributed by atoms with Gasteiger partial charge in [-0.25, -0.2) is 8.78 Å². The summed E-state index contributed by atoms with van der Waals surface area (Å²) >= 11 is 0. The zero-order valence-corrected chi connectivity index (χ0v) is 10.8. The largest absolute Gasteiger partial charge is 0.375 e. The number of piperidine rings is 1. The van der Waals surface area contributed by atoms with Gasteiger partial charge in [0.2, 0.25) is 5.91 Å². The monoisotopic (exact) mass is 264 g/mol. The third kappa shape index (κ3) is 4.86. The molecule has 0 radical (unpaired) electrons. The predicted molar refractivity (Wildman–Crippen MR) is 64.4 cm³/mol. The number of amides is 1. The SMILES string of the molecule is CCC1CN(C(=O)CCOCC(F)F)CCC1N.